The van der Waals surface area contributed by atoms with E-state index in [0.717, 1.165) is 6.07 Å². The highest BCUT2D eigenvalue weighted by atomic mass is 35.5. The molecule has 1 atom stereocenters. The van der Waals surface area contributed by atoms with Crippen molar-refractivity contribution in [2.75, 3.05) is 17.7 Å². The van der Waals surface area contributed by atoms with Gasteiger partial charge in [0, 0.05) is 35.6 Å². The number of nitrogens with zero attached hydrogens (tertiary/aromatic N) is 1. The Labute approximate surface area is 154 Å². The van der Waals surface area contributed by atoms with Gasteiger partial charge in [0.1, 0.15) is 0 Å². The Morgan fingerprint density at radius 3 is 2.58 bits per heavy atom. The van der Waals surface area contributed by atoms with Crippen LogP contribution in [0.5, 0.6) is 0 Å². The van der Waals surface area contributed by atoms with E-state index in [9.17, 15) is 19.7 Å². The van der Waals surface area contributed by atoms with Crippen molar-refractivity contribution in [1.82, 2.24) is 0 Å². The van der Waals surface area contributed by atoms with Gasteiger partial charge in [0.2, 0.25) is 0 Å². The van der Waals surface area contributed by atoms with Crippen molar-refractivity contribution >= 4 is 40.5 Å². The number of ether oxygens (including phenoxy) is 1. The first-order valence-electron chi connectivity index (χ1n) is 7.55. The molecule has 2 aromatic carbocycles. The zero-order valence-electron chi connectivity index (χ0n) is 14.0. The molecule has 0 saturated heterocycles. The van der Waals surface area contributed by atoms with Crippen LogP contribution in [0.4, 0.5) is 17.1 Å². The number of benzene rings is 2. The zero-order chi connectivity index (χ0) is 19.3. The van der Waals surface area contributed by atoms with Crippen LogP contribution in [0, 0.1) is 10.1 Å². The summed E-state index contributed by atoms with van der Waals surface area (Å²) in [6, 6.07) is 10.3. The van der Waals surface area contributed by atoms with Crippen molar-refractivity contribution in [1.29, 1.82) is 0 Å². The van der Waals surface area contributed by atoms with Crippen LogP contribution in [-0.2, 0) is 9.53 Å². The van der Waals surface area contributed by atoms with E-state index in [4.69, 9.17) is 16.3 Å². The number of non-ortho nitro benzene ring substituents is 1. The first-order chi connectivity index (χ1) is 12.3. The van der Waals surface area contributed by atoms with Crippen LogP contribution >= 0.6 is 11.6 Å². The molecule has 0 aromatic heterocycles. The smallest absolute Gasteiger partial charge is 0.341 e. The molecular formula is C17H16ClN3O5. The maximum absolute atomic E-state index is 12.3. The monoisotopic (exact) mass is 377 g/mol. The van der Waals surface area contributed by atoms with E-state index in [1.165, 1.54) is 19.1 Å². The van der Waals surface area contributed by atoms with Gasteiger partial charge in [0.15, 0.2) is 6.10 Å². The molecule has 9 heteroatoms. The van der Waals surface area contributed by atoms with E-state index in [-0.39, 0.29) is 11.3 Å². The second kappa shape index (κ2) is 8.30. The van der Waals surface area contributed by atoms with Crippen LogP contribution in [0.15, 0.2) is 42.5 Å². The summed E-state index contributed by atoms with van der Waals surface area (Å²) in [7, 11) is 1.56. The number of rotatable bonds is 6. The first-order valence-corrected chi connectivity index (χ1v) is 7.93. The van der Waals surface area contributed by atoms with E-state index in [1.54, 1.807) is 31.3 Å². The summed E-state index contributed by atoms with van der Waals surface area (Å²) >= 11 is 5.85. The third kappa shape index (κ3) is 4.70. The number of nitrogens with one attached hydrogen (secondary N) is 2. The molecule has 0 heterocycles. The lowest BCUT2D eigenvalue weighted by Gasteiger charge is -2.15. The molecule has 8 nitrogen and oxygen atoms in total. The number of esters is 1. The fourth-order valence-corrected chi connectivity index (χ4v) is 2.31. The second-order valence-corrected chi connectivity index (χ2v) is 5.72. The summed E-state index contributed by atoms with van der Waals surface area (Å²) in [6.07, 6.45) is -1.12. The zero-order valence-corrected chi connectivity index (χ0v) is 14.7. The Balaban J connectivity index is 2.12. The number of hydrogen-bond donors (Lipinski definition) is 2. The molecule has 0 fully saturated rings. The van der Waals surface area contributed by atoms with Crippen LogP contribution in [0.2, 0.25) is 5.02 Å². The minimum absolute atomic E-state index is 0.0379. The topological polar surface area (TPSA) is 111 Å². The Morgan fingerprint density at radius 2 is 1.96 bits per heavy atom. The number of halogens is 1. The molecule has 0 aliphatic rings. The van der Waals surface area contributed by atoms with Crippen molar-refractivity contribution in [3.8, 4) is 0 Å². The summed E-state index contributed by atoms with van der Waals surface area (Å²) in [6.45, 7) is 1.40. The largest absolute Gasteiger partial charge is 0.449 e. The molecule has 26 heavy (non-hydrogen) atoms. The number of nitro benzene ring substituents is 1. The molecule has 2 rings (SSSR count). The minimum Gasteiger partial charge on any atom is -0.449 e. The molecule has 0 radical (unpaired) electrons. The average Bonchev–Trinajstić information content (AvgIpc) is 2.60. The van der Waals surface area contributed by atoms with Crippen LogP contribution in [0.3, 0.4) is 0 Å². The molecule has 2 N–H and O–H groups in total. The maximum atomic E-state index is 12.3. The summed E-state index contributed by atoms with van der Waals surface area (Å²) in [4.78, 5) is 34.8. The van der Waals surface area contributed by atoms with Gasteiger partial charge in [-0.3, -0.25) is 14.9 Å². The molecule has 0 aliphatic carbocycles. The molecule has 0 bridgehead atoms. The highest BCUT2D eigenvalue weighted by molar-refractivity contribution is 6.30. The molecular weight excluding hydrogens is 362 g/mol. The number of carbonyl (C=O) groups excluding carboxylic acids is 2. The number of carbonyl (C=O) groups is 2. The molecule has 0 spiro atoms. The SMILES string of the molecule is CNc1ccc([N+](=O)[O-])cc1C(=O)O[C@@H](C)C(=O)Nc1cccc(Cl)c1. The summed E-state index contributed by atoms with van der Waals surface area (Å²) in [5, 5.41) is 16.7. The van der Waals surface area contributed by atoms with E-state index in [1.807, 2.05) is 0 Å². The van der Waals surface area contributed by atoms with Gasteiger partial charge in [-0.25, -0.2) is 4.79 Å². The highest BCUT2D eigenvalue weighted by Gasteiger charge is 2.23. The van der Waals surface area contributed by atoms with E-state index < -0.39 is 22.9 Å². The molecule has 0 saturated carbocycles. The van der Waals surface area contributed by atoms with Gasteiger partial charge in [-0.2, -0.15) is 0 Å². The second-order valence-electron chi connectivity index (χ2n) is 5.28. The number of nitro groups is 1. The lowest BCUT2D eigenvalue weighted by atomic mass is 10.1. The van der Waals surface area contributed by atoms with Crippen molar-refractivity contribution in [2.45, 2.75) is 13.0 Å². The van der Waals surface area contributed by atoms with Gasteiger partial charge in [-0.1, -0.05) is 17.7 Å². The molecule has 1 amide bonds. The number of hydrogen-bond acceptors (Lipinski definition) is 6. The minimum atomic E-state index is -1.12. The summed E-state index contributed by atoms with van der Waals surface area (Å²) < 4.78 is 5.13. The Kier molecular flexibility index (Phi) is 6.13. The Morgan fingerprint density at radius 1 is 1.23 bits per heavy atom. The van der Waals surface area contributed by atoms with Crippen LogP contribution in [0.1, 0.15) is 17.3 Å². The first kappa shape index (κ1) is 19.2. The van der Waals surface area contributed by atoms with Crippen LogP contribution in [-0.4, -0.2) is 30.0 Å². The third-order valence-electron chi connectivity index (χ3n) is 3.45. The van der Waals surface area contributed by atoms with Gasteiger partial charge in [-0.15, -0.1) is 0 Å². The van der Waals surface area contributed by atoms with Gasteiger partial charge in [0.25, 0.3) is 11.6 Å². The Bertz CT molecular complexity index is 856. The maximum Gasteiger partial charge on any atom is 0.341 e. The van der Waals surface area contributed by atoms with Crippen molar-refractivity contribution in [2.24, 2.45) is 0 Å². The quantitative estimate of drug-likeness (QED) is 0.453. The standard InChI is InChI=1S/C17H16ClN3O5/c1-10(16(22)20-12-5-3-4-11(18)8-12)26-17(23)14-9-13(21(24)25)6-7-15(14)19-2/h3-10,19H,1-2H3,(H,20,22)/t10-/m0/s1. The highest BCUT2D eigenvalue weighted by Crippen LogP contribution is 2.23. The summed E-state index contributed by atoms with van der Waals surface area (Å²) in [5.74, 6) is -1.41. The predicted octanol–water partition coefficient (Wildman–Crippen LogP) is 3.47. The van der Waals surface area contributed by atoms with Crippen LogP contribution < -0.4 is 10.6 Å². The third-order valence-corrected chi connectivity index (χ3v) is 3.68. The van der Waals surface area contributed by atoms with Crippen molar-refractivity contribution in [3.05, 3.63) is 63.2 Å². The number of anilines is 2. The van der Waals surface area contributed by atoms with E-state index in [0.29, 0.717) is 16.4 Å². The molecule has 0 aliphatic heterocycles. The Hall–Kier alpha value is -3.13. The normalized spacial score (nSPS) is 11.3. The van der Waals surface area contributed by atoms with E-state index >= 15 is 0 Å². The predicted molar refractivity (Wildman–Crippen MR) is 97.6 cm³/mol. The molecule has 136 valence electrons. The fraction of sp³-hybridized carbons (Fsp3) is 0.176. The lowest BCUT2D eigenvalue weighted by Crippen LogP contribution is -2.30. The van der Waals surface area contributed by atoms with Crippen molar-refractivity contribution < 1.29 is 19.2 Å². The summed E-state index contributed by atoms with van der Waals surface area (Å²) in [5.41, 5.74) is 0.510. The molecule has 2 aromatic rings. The number of amides is 1. The van der Waals surface area contributed by atoms with Gasteiger partial charge in [-0.05, 0) is 31.2 Å². The van der Waals surface area contributed by atoms with Gasteiger partial charge < -0.3 is 15.4 Å². The van der Waals surface area contributed by atoms with Crippen molar-refractivity contribution in [3.63, 3.8) is 0 Å². The van der Waals surface area contributed by atoms with Gasteiger partial charge >= 0.3 is 5.97 Å². The fourth-order valence-electron chi connectivity index (χ4n) is 2.12. The van der Waals surface area contributed by atoms with E-state index in [2.05, 4.69) is 10.6 Å². The van der Waals surface area contributed by atoms with Gasteiger partial charge in [0.05, 0.1) is 10.5 Å². The average molecular weight is 378 g/mol. The van der Waals surface area contributed by atoms with Crippen LogP contribution in [0.25, 0.3) is 0 Å². The molecule has 0 unspecified atom stereocenters. The lowest BCUT2D eigenvalue weighted by molar-refractivity contribution is -0.384.